The number of hydrogen-bond acceptors (Lipinski definition) is 4. The number of amides is 1. The fourth-order valence-corrected chi connectivity index (χ4v) is 2.99. The second-order valence-corrected chi connectivity index (χ2v) is 6.50. The highest BCUT2D eigenvalue weighted by Gasteiger charge is 2.24. The minimum Gasteiger partial charge on any atom is -0.489 e. The fraction of sp³-hybridized carbons (Fsp3) is 0.333. The number of para-hydroxylation sites is 2. The maximum absolute atomic E-state index is 13.5. The molecule has 0 saturated carbocycles. The molecule has 3 rings (SSSR count). The molecular formula is C21H24F2N4O3. The van der Waals surface area contributed by atoms with E-state index >= 15 is 0 Å². The van der Waals surface area contributed by atoms with Crippen LogP contribution in [0.25, 0.3) is 0 Å². The highest BCUT2D eigenvalue weighted by atomic mass is 19.1. The zero-order chi connectivity index (χ0) is 21.3. The summed E-state index contributed by atoms with van der Waals surface area (Å²) in [5, 5.41) is 6.21. The van der Waals surface area contributed by atoms with Crippen molar-refractivity contribution >= 4 is 17.6 Å². The average molecular weight is 418 g/mol. The molecule has 0 bridgehead atoms. The lowest BCUT2D eigenvalue weighted by molar-refractivity contribution is -0.121. The van der Waals surface area contributed by atoms with Crippen molar-refractivity contribution in [2.45, 2.75) is 6.42 Å². The monoisotopic (exact) mass is 418 g/mol. The van der Waals surface area contributed by atoms with Gasteiger partial charge in [0, 0.05) is 26.2 Å². The van der Waals surface area contributed by atoms with Crippen molar-refractivity contribution in [3.05, 3.63) is 54.1 Å². The molecule has 0 fully saturated rings. The first-order valence-corrected chi connectivity index (χ1v) is 9.63. The lowest BCUT2D eigenvalue weighted by atomic mass is 10.2. The SMILES string of the molecule is CN=C(NCCCN1C(=O)COc2ccccc21)NCCOc1ccc(F)cc1F. The molecule has 0 radical (unpaired) electrons. The van der Waals surface area contributed by atoms with Gasteiger partial charge in [0.2, 0.25) is 0 Å². The van der Waals surface area contributed by atoms with Gasteiger partial charge in [0.25, 0.3) is 5.91 Å². The van der Waals surface area contributed by atoms with Crippen LogP contribution in [0.3, 0.4) is 0 Å². The highest BCUT2D eigenvalue weighted by molar-refractivity contribution is 5.97. The van der Waals surface area contributed by atoms with E-state index in [1.165, 1.54) is 6.07 Å². The Hall–Kier alpha value is -3.36. The number of hydrogen-bond donors (Lipinski definition) is 2. The van der Waals surface area contributed by atoms with Crippen molar-refractivity contribution in [1.82, 2.24) is 10.6 Å². The van der Waals surface area contributed by atoms with Crippen LogP contribution < -0.4 is 25.0 Å². The Kier molecular flexibility index (Phi) is 7.42. The van der Waals surface area contributed by atoms with Crippen LogP contribution in [0.5, 0.6) is 11.5 Å². The summed E-state index contributed by atoms with van der Waals surface area (Å²) in [4.78, 5) is 18.0. The van der Waals surface area contributed by atoms with Gasteiger partial charge in [0.15, 0.2) is 24.1 Å². The number of carbonyl (C=O) groups excluding carboxylic acids is 1. The Morgan fingerprint density at radius 2 is 2.00 bits per heavy atom. The molecule has 160 valence electrons. The van der Waals surface area contributed by atoms with E-state index in [-0.39, 0.29) is 24.9 Å². The first-order chi connectivity index (χ1) is 14.6. The summed E-state index contributed by atoms with van der Waals surface area (Å²) in [5.74, 6) is -0.188. The molecule has 1 heterocycles. The van der Waals surface area contributed by atoms with Crippen molar-refractivity contribution in [2.24, 2.45) is 4.99 Å². The minimum absolute atomic E-state index is 0.00314. The number of nitrogens with zero attached hydrogens (tertiary/aromatic N) is 2. The zero-order valence-electron chi connectivity index (χ0n) is 16.7. The van der Waals surface area contributed by atoms with E-state index in [4.69, 9.17) is 9.47 Å². The summed E-state index contributed by atoms with van der Waals surface area (Å²) >= 11 is 0. The van der Waals surface area contributed by atoms with Gasteiger partial charge in [-0.2, -0.15) is 0 Å². The van der Waals surface area contributed by atoms with Gasteiger partial charge in [-0.1, -0.05) is 12.1 Å². The molecule has 0 unspecified atom stereocenters. The van der Waals surface area contributed by atoms with Crippen molar-refractivity contribution in [2.75, 3.05) is 44.8 Å². The smallest absolute Gasteiger partial charge is 0.265 e. The molecule has 7 nitrogen and oxygen atoms in total. The number of fused-ring (bicyclic) bond motifs is 1. The minimum atomic E-state index is -0.739. The third kappa shape index (κ3) is 5.59. The summed E-state index contributed by atoms with van der Waals surface area (Å²) in [6.45, 7) is 1.76. The molecule has 2 aromatic carbocycles. The number of carbonyl (C=O) groups is 1. The third-order valence-corrected chi connectivity index (χ3v) is 4.43. The number of aliphatic imine (C=N–C) groups is 1. The van der Waals surface area contributed by atoms with Crippen LogP contribution in [0.15, 0.2) is 47.5 Å². The molecular weight excluding hydrogens is 394 g/mol. The number of guanidine groups is 1. The Morgan fingerprint density at radius 1 is 1.20 bits per heavy atom. The van der Waals surface area contributed by atoms with Crippen LogP contribution in [-0.2, 0) is 4.79 Å². The van der Waals surface area contributed by atoms with Crippen molar-refractivity contribution in [3.63, 3.8) is 0 Å². The molecule has 9 heteroatoms. The molecule has 1 aliphatic heterocycles. The lowest BCUT2D eigenvalue weighted by Crippen LogP contribution is -2.42. The van der Waals surface area contributed by atoms with E-state index < -0.39 is 11.6 Å². The highest BCUT2D eigenvalue weighted by Crippen LogP contribution is 2.31. The molecule has 0 atom stereocenters. The Morgan fingerprint density at radius 3 is 2.80 bits per heavy atom. The standard InChI is InChI=1S/C21H24F2N4O3/c1-24-21(26-10-12-29-18-8-7-15(22)13-16(18)23)25-9-4-11-27-17-5-2-3-6-19(17)30-14-20(27)28/h2-3,5-8,13H,4,9-12,14H2,1H3,(H2,24,25,26). The van der Waals surface area contributed by atoms with Crippen LogP contribution in [-0.4, -0.2) is 51.8 Å². The van der Waals surface area contributed by atoms with Crippen LogP contribution in [0.1, 0.15) is 6.42 Å². The fourth-order valence-electron chi connectivity index (χ4n) is 2.99. The summed E-state index contributed by atoms with van der Waals surface area (Å²) in [6.07, 6.45) is 0.706. The normalized spacial score (nSPS) is 13.5. The summed E-state index contributed by atoms with van der Waals surface area (Å²) < 4.78 is 37.1. The molecule has 0 saturated heterocycles. The van der Waals surface area contributed by atoms with Crippen molar-refractivity contribution in [3.8, 4) is 11.5 Å². The third-order valence-electron chi connectivity index (χ3n) is 4.43. The number of nitrogens with one attached hydrogen (secondary N) is 2. The van der Waals surface area contributed by atoms with Gasteiger partial charge in [-0.25, -0.2) is 8.78 Å². The average Bonchev–Trinajstić information content (AvgIpc) is 2.75. The molecule has 0 aromatic heterocycles. The number of anilines is 1. The van der Waals surface area contributed by atoms with Gasteiger partial charge in [-0.05, 0) is 30.7 Å². The van der Waals surface area contributed by atoms with Crippen LogP contribution in [0.2, 0.25) is 0 Å². The Bertz CT molecular complexity index is 908. The van der Waals surface area contributed by atoms with Gasteiger partial charge < -0.3 is 25.0 Å². The van der Waals surface area contributed by atoms with Gasteiger partial charge >= 0.3 is 0 Å². The predicted molar refractivity (Wildman–Crippen MR) is 110 cm³/mol. The quantitative estimate of drug-likeness (QED) is 0.391. The first kappa shape index (κ1) is 21.4. The van der Waals surface area contributed by atoms with Crippen molar-refractivity contribution < 1.29 is 23.0 Å². The second kappa shape index (κ2) is 10.4. The molecule has 2 N–H and O–H groups in total. The molecule has 0 aliphatic carbocycles. The van der Waals surface area contributed by atoms with Gasteiger partial charge in [-0.3, -0.25) is 9.79 Å². The molecule has 30 heavy (non-hydrogen) atoms. The van der Waals surface area contributed by atoms with Crippen LogP contribution in [0.4, 0.5) is 14.5 Å². The maximum Gasteiger partial charge on any atom is 0.265 e. The van der Waals surface area contributed by atoms with Gasteiger partial charge in [-0.15, -0.1) is 0 Å². The van der Waals surface area contributed by atoms with E-state index in [0.29, 0.717) is 37.8 Å². The van der Waals surface area contributed by atoms with E-state index in [9.17, 15) is 13.6 Å². The number of rotatable bonds is 8. The summed E-state index contributed by atoms with van der Waals surface area (Å²) in [6, 6.07) is 10.6. The summed E-state index contributed by atoms with van der Waals surface area (Å²) in [7, 11) is 1.64. The van der Waals surface area contributed by atoms with Gasteiger partial charge in [0.05, 0.1) is 12.2 Å². The molecule has 0 spiro atoms. The Labute approximate surface area is 173 Å². The lowest BCUT2D eigenvalue weighted by Gasteiger charge is -2.29. The van der Waals surface area contributed by atoms with E-state index in [1.807, 2.05) is 24.3 Å². The van der Waals surface area contributed by atoms with Crippen LogP contribution in [0, 0.1) is 11.6 Å². The molecule has 1 amide bonds. The summed E-state index contributed by atoms with van der Waals surface area (Å²) in [5.41, 5.74) is 0.779. The van der Waals surface area contributed by atoms with Crippen LogP contribution >= 0.6 is 0 Å². The first-order valence-electron chi connectivity index (χ1n) is 9.63. The zero-order valence-corrected chi connectivity index (χ0v) is 16.7. The second-order valence-electron chi connectivity index (χ2n) is 6.50. The van der Waals surface area contributed by atoms with E-state index in [2.05, 4.69) is 15.6 Å². The molecule has 2 aromatic rings. The topological polar surface area (TPSA) is 75.2 Å². The van der Waals surface area contributed by atoms with Crippen molar-refractivity contribution in [1.29, 1.82) is 0 Å². The molecule has 1 aliphatic rings. The number of ether oxygens (including phenoxy) is 2. The largest absolute Gasteiger partial charge is 0.489 e. The van der Waals surface area contributed by atoms with E-state index in [0.717, 1.165) is 17.8 Å². The predicted octanol–water partition coefficient (Wildman–Crippen LogP) is 2.32. The van der Waals surface area contributed by atoms with E-state index in [1.54, 1.807) is 11.9 Å². The Balaban J connectivity index is 1.37. The number of benzene rings is 2. The van der Waals surface area contributed by atoms with Gasteiger partial charge in [0.1, 0.15) is 18.2 Å². The number of halogens is 2. The maximum atomic E-state index is 13.5.